The van der Waals surface area contributed by atoms with Gasteiger partial charge in [-0.3, -0.25) is 0 Å². The maximum absolute atomic E-state index is 12.3. The Morgan fingerprint density at radius 2 is 1.17 bits per heavy atom. The molecule has 0 bridgehead atoms. The van der Waals surface area contributed by atoms with Gasteiger partial charge in [-0.05, 0) is 97.5 Å². The van der Waals surface area contributed by atoms with E-state index < -0.39 is 9.84 Å². The molecule has 0 unspecified atom stereocenters. The van der Waals surface area contributed by atoms with Crippen LogP contribution in [0.5, 0.6) is 0 Å². The average molecular weight is 715 g/mol. The van der Waals surface area contributed by atoms with E-state index in [0.717, 1.165) is 61.7 Å². The number of hydrogen-bond acceptors (Lipinski definition) is 7. The summed E-state index contributed by atoms with van der Waals surface area (Å²) in [5.74, 6) is 0. The summed E-state index contributed by atoms with van der Waals surface area (Å²) in [7, 11) is -4.03. The Morgan fingerprint density at radius 1 is 0.635 bits per heavy atom. The van der Waals surface area contributed by atoms with Crippen LogP contribution < -0.4 is 9.80 Å². The fourth-order valence-corrected chi connectivity index (χ4v) is 7.86. The molecule has 0 saturated heterocycles. The van der Waals surface area contributed by atoms with Crippen molar-refractivity contribution in [1.29, 1.82) is 5.26 Å². The molecule has 52 heavy (non-hydrogen) atoms. The molecule has 0 N–H and O–H groups in total. The molecule has 2 heterocycles. The van der Waals surface area contributed by atoms with Gasteiger partial charge in [0, 0.05) is 21.4 Å². The lowest BCUT2D eigenvalue weighted by molar-refractivity contribution is 0.605. The van der Waals surface area contributed by atoms with E-state index in [1.165, 1.54) is 23.1 Å². The lowest BCUT2D eigenvalue weighted by Gasteiger charge is -2.40. The molecule has 0 radical (unpaired) electrons. The van der Waals surface area contributed by atoms with E-state index in [-0.39, 0.29) is 9.64 Å². The number of nitrogens with zero attached hydrogens (tertiary/aromatic N) is 4. The molecule has 1 aromatic heterocycles. The number of nitriles is 1. The molecule has 0 spiro atoms. The predicted molar refractivity (Wildman–Crippen MR) is 215 cm³/mol. The number of para-hydroxylation sites is 6. The minimum absolute atomic E-state index is 0.0364. The van der Waals surface area contributed by atoms with Crippen LogP contribution in [0.25, 0.3) is 33.3 Å². The zero-order chi connectivity index (χ0) is 36.0. The summed E-state index contributed by atoms with van der Waals surface area (Å²) in [6.07, 6.45) is 2.13. The lowest BCUT2D eigenvalue weighted by Crippen LogP contribution is -2.24. The highest BCUT2D eigenvalue weighted by atomic mass is 32.2. The molecule has 0 saturated carbocycles. The number of thioether (sulfide) groups is 1. The van der Waals surface area contributed by atoms with Crippen molar-refractivity contribution in [2.75, 3.05) is 16.1 Å². The fourth-order valence-electron chi connectivity index (χ4n) is 6.89. The van der Waals surface area contributed by atoms with Gasteiger partial charge in [-0.1, -0.05) is 91.0 Å². The average Bonchev–Trinajstić information content (AvgIpc) is 3.19. The number of sulfone groups is 1. The zero-order valence-corrected chi connectivity index (χ0v) is 30.5. The predicted octanol–water partition coefficient (Wildman–Crippen LogP) is 11.7. The first-order valence-corrected chi connectivity index (χ1v) is 19.6. The second kappa shape index (κ2) is 13.0. The number of rotatable bonds is 7. The molecule has 254 valence electrons. The number of benzene rings is 6. The molecule has 7 aromatic rings. The summed E-state index contributed by atoms with van der Waals surface area (Å²) in [6.45, 7) is 4.45. The van der Waals surface area contributed by atoms with Gasteiger partial charge in [-0.2, -0.15) is 17.0 Å². The van der Waals surface area contributed by atoms with Crippen molar-refractivity contribution in [3.8, 4) is 27.8 Å². The van der Waals surface area contributed by atoms with E-state index in [0.29, 0.717) is 5.69 Å². The Hall–Kier alpha value is -5.88. The molecule has 0 amide bonds. The van der Waals surface area contributed by atoms with Crippen LogP contribution in [-0.4, -0.2) is 19.7 Å². The van der Waals surface area contributed by atoms with E-state index in [2.05, 4.69) is 151 Å². The maximum atomic E-state index is 12.3. The van der Waals surface area contributed by atoms with E-state index in [1.54, 1.807) is 12.1 Å². The van der Waals surface area contributed by atoms with Crippen molar-refractivity contribution in [1.82, 2.24) is 4.98 Å². The third-order valence-electron chi connectivity index (χ3n) is 9.78. The van der Waals surface area contributed by atoms with Crippen LogP contribution in [0.3, 0.4) is 0 Å². The van der Waals surface area contributed by atoms with Gasteiger partial charge in [0.15, 0.2) is 5.40 Å². The Labute approximate surface area is 308 Å². The van der Waals surface area contributed by atoms with Crippen LogP contribution in [0.4, 0.5) is 34.1 Å². The molecule has 0 aliphatic carbocycles. The minimum atomic E-state index is -4.03. The Bertz CT molecular complexity index is 2570. The van der Waals surface area contributed by atoms with Crippen LogP contribution >= 0.6 is 11.8 Å². The van der Waals surface area contributed by atoms with Gasteiger partial charge in [0.1, 0.15) is 0 Å². The van der Waals surface area contributed by atoms with Crippen molar-refractivity contribution < 1.29 is 8.42 Å². The van der Waals surface area contributed by atoms with Gasteiger partial charge in [0.05, 0.1) is 44.5 Å². The Kier molecular flexibility index (Phi) is 8.33. The normalized spacial score (nSPS) is 12.7. The molecular formula is C44H34N4O2S2. The van der Waals surface area contributed by atoms with Crippen LogP contribution in [0, 0.1) is 10.7 Å². The molecular weight excluding hydrogens is 681 g/mol. The first kappa shape index (κ1) is 33.3. The second-order valence-electron chi connectivity index (χ2n) is 13.1. The number of pyridine rings is 1. The molecule has 8 rings (SSSR count). The van der Waals surface area contributed by atoms with E-state index in [1.807, 2.05) is 17.8 Å². The van der Waals surface area contributed by atoms with Crippen LogP contribution in [0.15, 0.2) is 157 Å². The summed E-state index contributed by atoms with van der Waals surface area (Å²) in [6, 6.07) is 50.7. The highest BCUT2D eigenvalue weighted by Crippen LogP contribution is 2.55. The number of fused-ring (bicyclic) bond motifs is 3. The highest BCUT2D eigenvalue weighted by Gasteiger charge is 2.31. The van der Waals surface area contributed by atoms with Crippen molar-refractivity contribution in [2.24, 2.45) is 0 Å². The number of hydrogen-bond donors (Lipinski definition) is 0. The Morgan fingerprint density at radius 3 is 1.75 bits per heavy atom. The first-order chi connectivity index (χ1) is 25.2. The molecule has 0 atom stereocenters. The van der Waals surface area contributed by atoms with Crippen molar-refractivity contribution in [3.05, 3.63) is 157 Å². The van der Waals surface area contributed by atoms with Crippen molar-refractivity contribution in [3.63, 3.8) is 0 Å². The highest BCUT2D eigenvalue weighted by molar-refractivity contribution is 7.99. The van der Waals surface area contributed by atoms with E-state index in [4.69, 9.17) is 4.98 Å². The van der Waals surface area contributed by atoms with Gasteiger partial charge in [-0.15, -0.1) is 0 Å². The van der Waals surface area contributed by atoms with E-state index in [9.17, 15) is 13.7 Å². The van der Waals surface area contributed by atoms with Gasteiger partial charge >= 0.3 is 0 Å². The van der Waals surface area contributed by atoms with E-state index >= 15 is 0 Å². The largest absolute Gasteiger partial charge is 0.306 e. The summed E-state index contributed by atoms with van der Waals surface area (Å²) >= 11 is 1.81. The molecule has 8 heteroatoms. The molecule has 1 aliphatic rings. The third-order valence-corrected chi connectivity index (χ3v) is 12.2. The first-order valence-electron chi connectivity index (χ1n) is 16.9. The topological polar surface area (TPSA) is 77.3 Å². The molecule has 6 nitrogen and oxygen atoms in total. The summed E-state index contributed by atoms with van der Waals surface area (Å²) < 4.78 is 24.6. The minimum Gasteiger partial charge on any atom is -0.306 e. The summed E-state index contributed by atoms with van der Waals surface area (Å²) in [5, 5.41) is 11.6. The quantitative estimate of drug-likeness (QED) is 0.120. The van der Waals surface area contributed by atoms with Gasteiger partial charge in [0.25, 0.3) is 9.84 Å². The summed E-state index contributed by atoms with van der Waals surface area (Å²) in [5.41, 5.74) is 11.6. The Balaban J connectivity index is 1.38. The van der Waals surface area contributed by atoms with Crippen molar-refractivity contribution in [2.45, 2.75) is 23.5 Å². The molecule has 6 aromatic carbocycles. The van der Waals surface area contributed by atoms with Crippen molar-refractivity contribution >= 4 is 66.6 Å². The SMILES string of the molecule is CSC(C)(C)c1ccc(-c2cc(-c3ccc(S(=O)(=O)C#N)cc3)nc3c(N4c5ccccc5N(c5ccccc5)c5ccccc54)cccc23)cc1. The third kappa shape index (κ3) is 5.69. The number of aromatic nitrogens is 1. The van der Waals surface area contributed by atoms with Gasteiger partial charge in [0.2, 0.25) is 0 Å². The van der Waals surface area contributed by atoms with Crippen LogP contribution in [0.1, 0.15) is 19.4 Å². The number of thiocyanates is 1. The second-order valence-corrected chi connectivity index (χ2v) is 16.2. The zero-order valence-electron chi connectivity index (χ0n) is 28.9. The fraction of sp³-hybridized carbons (Fsp3) is 0.0909. The molecule has 0 fully saturated rings. The molecule has 1 aliphatic heterocycles. The van der Waals surface area contributed by atoms with Gasteiger partial charge < -0.3 is 9.80 Å². The van der Waals surface area contributed by atoms with Gasteiger partial charge in [-0.25, -0.2) is 13.4 Å². The standard InChI is InChI=1S/C44H34N4O2S2/c1-44(2,51-3)32-24-20-30(21-25-32)36-28-37(31-22-26-34(27-23-31)52(49,50)29-45)46-43-35(36)14-11-19-42(43)48-40-17-9-7-15-38(40)47(33-12-5-4-6-13-33)39-16-8-10-18-41(39)48/h4-28H,1-3H3. The lowest BCUT2D eigenvalue weighted by atomic mass is 9.94. The van der Waals surface area contributed by atoms with Crippen LogP contribution in [-0.2, 0) is 14.6 Å². The maximum Gasteiger partial charge on any atom is 0.269 e. The number of anilines is 6. The summed E-state index contributed by atoms with van der Waals surface area (Å²) in [4.78, 5) is 9.88. The van der Waals surface area contributed by atoms with Crippen LogP contribution in [0.2, 0.25) is 0 Å². The smallest absolute Gasteiger partial charge is 0.269 e. The monoisotopic (exact) mass is 714 g/mol.